The van der Waals surface area contributed by atoms with Gasteiger partial charge in [-0.3, -0.25) is 14.3 Å². The third-order valence-corrected chi connectivity index (χ3v) is 5.60. The summed E-state index contributed by atoms with van der Waals surface area (Å²) in [5, 5.41) is 16.5. The number of carboxylic acid groups (broad SMARTS) is 1. The van der Waals surface area contributed by atoms with Crippen LogP contribution in [0.5, 0.6) is 0 Å². The van der Waals surface area contributed by atoms with Crippen molar-refractivity contribution < 1.29 is 14.7 Å². The molecule has 0 spiro atoms. The average molecular weight is 383 g/mol. The number of aliphatic carboxylic acids is 1. The maximum absolute atomic E-state index is 12.6. The second-order valence-corrected chi connectivity index (χ2v) is 8.75. The third-order valence-electron chi connectivity index (χ3n) is 5.60. The molecule has 0 bridgehead atoms. The minimum Gasteiger partial charge on any atom is -0.481 e. The third kappa shape index (κ3) is 4.43. The number of benzene rings is 1. The van der Waals surface area contributed by atoms with Crippen molar-refractivity contribution in [2.45, 2.75) is 57.8 Å². The fourth-order valence-corrected chi connectivity index (χ4v) is 3.75. The zero-order chi connectivity index (χ0) is 20.5. The Balaban J connectivity index is 1.64. The highest BCUT2D eigenvalue weighted by Crippen LogP contribution is 2.36. The lowest BCUT2D eigenvalue weighted by molar-refractivity contribution is -0.142. The van der Waals surface area contributed by atoms with Crippen LogP contribution in [0, 0.1) is 5.92 Å². The van der Waals surface area contributed by atoms with Crippen LogP contribution in [0.25, 0.3) is 0 Å². The summed E-state index contributed by atoms with van der Waals surface area (Å²) in [6.07, 6.45) is 3.25. The van der Waals surface area contributed by atoms with E-state index in [2.05, 4.69) is 31.2 Å². The number of aryl methyl sites for hydroxylation is 1. The molecule has 28 heavy (non-hydrogen) atoms. The monoisotopic (exact) mass is 383 g/mol. The second kappa shape index (κ2) is 7.78. The van der Waals surface area contributed by atoms with Crippen molar-refractivity contribution in [1.29, 1.82) is 0 Å². The zero-order valence-electron chi connectivity index (χ0n) is 17.0. The van der Waals surface area contributed by atoms with Gasteiger partial charge in [0.15, 0.2) is 0 Å². The summed E-state index contributed by atoms with van der Waals surface area (Å²) in [4.78, 5) is 23.7. The van der Waals surface area contributed by atoms with Gasteiger partial charge in [-0.2, -0.15) is 5.10 Å². The summed E-state index contributed by atoms with van der Waals surface area (Å²) >= 11 is 0. The smallest absolute Gasteiger partial charge is 0.306 e. The van der Waals surface area contributed by atoms with Crippen molar-refractivity contribution in [1.82, 2.24) is 9.78 Å². The molecule has 150 valence electrons. The Morgan fingerprint density at radius 2 is 1.71 bits per heavy atom. The normalized spacial score (nSPS) is 20.0. The minimum absolute atomic E-state index is 0.114. The molecule has 1 aromatic heterocycles. The van der Waals surface area contributed by atoms with E-state index in [9.17, 15) is 9.59 Å². The van der Waals surface area contributed by atoms with Gasteiger partial charge in [-0.25, -0.2) is 0 Å². The number of carboxylic acids is 1. The Bertz CT molecular complexity index is 854. The number of rotatable bonds is 4. The van der Waals surface area contributed by atoms with Gasteiger partial charge in [0.05, 0.1) is 11.6 Å². The largest absolute Gasteiger partial charge is 0.481 e. The van der Waals surface area contributed by atoms with Crippen LogP contribution in [-0.2, 0) is 17.3 Å². The van der Waals surface area contributed by atoms with Crippen LogP contribution in [0.15, 0.2) is 30.3 Å². The first kappa shape index (κ1) is 20.1. The van der Waals surface area contributed by atoms with Crippen LogP contribution in [0.1, 0.15) is 74.1 Å². The number of carbonyl (C=O) groups excluding carboxylic acids is 1. The van der Waals surface area contributed by atoms with E-state index in [0.29, 0.717) is 11.6 Å². The highest BCUT2D eigenvalue weighted by Gasteiger charge is 2.27. The fraction of sp³-hybridized carbons (Fsp3) is 0.500. The predicted octanol–water partition coefficient (Wildman–Crippen LogP) is 4.33. The van der Waals surface area contributed by atoms with Crippen molar-refractivity contribution in [2.75, 3.05) is 5.32 Å². The summed E-state index contributed by atoms with van der Waals surface area (Å²) in [5.41, 5.74) is 3.25. The van der Waals surface area contributed by atoms with Crippen molar-refractivity contribution >= 4 is 17.6 Å². The van der Waals surface area contributed by atoms with Crippen LogP contribution in [0.3, 0.4) is 0 Å². The topological polar surface area (TPSA) is 84.2 Å². The Morgan fingerprint density at radius 3 is 2.21 bits per heavy atom. The molecule has 3 rings (SSSR count). The van der Waals surface area contributed by atoms with Gasteiger partial charge in [0.2, 0.25) is 0 Å². The van der Waals surface area contributed by atoms with E-state index in [1.165, 1.54) is 5.56 Å². The van der Waals surface area contributed by atoms with Crippen LogP contribution in [0.4, 0.5) is 5.69 Å². The summed E-state index contributed by atoms with van der Waals surface area (Å²) in [6, 6.07) is 9.73. The number of nitrogens with one attached hydrogen (secondary N) is 1. The molecule has 0 unspecified atom stereocenters. The molecule has 6 nitrogen and oxygen atoms in total. The van der Waals surface area contributed by atoms with E-state index in [4.69, 9.17) is 5.11 Å². The molecule has 1 saturated carbocycles. The van der Waals surface area contributed by atoms with E-state index >= 15 is 0 Å². The van der Waals surface area contributed by atoms with E-state index in [0.717, 1.165) is 37.1 Å². The SMILES string of the molecule is Cn1nc(C(C)(C)C)cc1C(=O)Nc1ccc([C@H]2CC[C@H](C(=O)O)CC2)cc1. The molecule has 1 aliphatic rings. The molecular weight excluding hydrogens is 354 g/mol. The number of aromatic nitrogens is 2. The van der Waals surface area contributed by atoms with Crippen LogP contribution in [-0.4, -0.2) is 26.8 Å². The molecular formula is C22H29N3O3. The van der Waals surface area contributed by atoms with Crippen molar-refractivity contribution in [2.24, 2.45) is 13.0 Å². The Kier molecular flexibility index (Phi) is 5.59. The molecule has 2 aromatic rings. The van der Waals surface area contributed by atoms with Gasteiger partial charge in [0, 0.05) is 18.2 Å². The number of amides is 1. The number of carbonyl (C=O) groups is 2. The van der Waals surface area contributed by atoms with Gasteiger partial charge in [-0.15, -0.1) is 0 Å². The van der Waals surface area contributed by atoms with Gasteiger partial charge in [0.25, 0.3) is 5.91 Å². The zero-order valence-corrected chi connectivity index (χ0v) is 17.0. The van der Waals surface area contributed by atoms with Crippen molar-refractivity contribution in [3.05, 3.63) is 47.3 Å². The van der Waals surface area contributed by atoms with Gasteiger partial charge < -0.3 is 10.4 Å². The lowest BCUT2D eigenvalue weighted by Crippen LogP contribution is -2.20. The number of hydrogen-bond acceptors (Lipinski definition) is 3. The van der Waals surface area contributed by atoms with Gasteiger partial charge >= 0.3 is 5.97 Å². The molecule has 0 saturated heterocycles. The predicted molar refractivity (Wildman–Crippen MR) is 109 cm³/mol. The highest BCUT2D eigenvalue weighted by molar-refractivity contribution is 6.03. The molecule has 1 aliphatic carbocycles. The highest BCUT2D eigenvalue weighted by atomic mass is 16.4. The number of anilines is 1. The molecule has 1 heterocycles. The van der Waals surface area contributed by atoms with Gasteiger partial charge in [-0.05, 0) is 55.4 Å². The van der Waals surface area contributed by atoms with E-state index in [1.54, 1.807) is 11.7 Å². The van der Waals surface area contributed by atoms with Gasteiger partial charge in [-0.1, -0.05) is 32.9 Å². The maximum Gasteiger partial charge on any atom is 0.306 e. The summed E-state index contributed by atoms with van der Waals surface area (Å²) < 4.78 is 1.62. The Labute approximate surface area is 166 Å². The Hall–Kier alpha value is -2.63. The van der Waals surface area contributed by atoms with E-state index in [1.807, 2.05) is 30.3 Å². The van der Waals surface area contributed by atoms with E-state index < -0.39 is 5.97 Å². The number of hydrogen-bond donors (Lipinski definition) is 2. The van der Waals surface area contributed by atoms with Gasteiger partial charge in [0.1, 0.15) is 5.69 Å². The minimum atomic E-state index is -0.679. The van der Waals surface area contributed by atoms with E-state index in [-0.39, 0.29) is 17.2 Å². The molecule has 0 aliphatic heterocycles. The average Bonchev–Trinajstić information content (AvgIpc) is 3.05. The molecule has 2 N–H and O–H groups in total. The lowest BCUT2D eigenvalue weighted by atomic mass is 9.79. The lowest BCUT2D eigenvalue weighted by Gasteiger charge is -2.26. The molecule has 1 amide bonds. The van der Waals surface area contributed by atoms with Crippen LogP contribution >= 0.6 is 0 Å². The molecule has 6 heteroatoms. The Morgan fingerprint density at radius 1 is 1.11 bits per heavy atom. The summed E-state index contributed by atoms with van der Waals surface area (Å²) in [7, 11) is 1.78. The summed E-state index contributed by atoms with van der Waals surface area (Å²) in [5.74, 6) is -0.667. The quantitative estimate of drug-likeness (QED) is 0.823. The first-order chi connectivity index (χ1) is 13.1. The molecule has 0 atom stereocenters. The molecule has 1 fully saturated rings. The van der Waals surface area contributed by atoms with Crippen molar-refractivity contribution in [3.63, 3.8) is 0 Å². The van der Waals surface area contributed by atoms with Crippen LogP contribution in [0.2, 0.25) is 0 Å². The maximum atomic E-state index is 12.6. The molecule has 0 radical (unpaired) electrons. The second-order valence-electron chi connectivity index (χ2n) is 8.75. The first-order valence-corrected chi connectivity index (χ1v) is 9.84. The standard InChI is InChI=1S/C22H29N3O3/c1-22(2,3)19-13-18(25(4)24-19)20(26)23-17-11-9-15(10-12-17)14-5-7-16(8-6-14)21(27)28/h9-14,16H,5-8H2,1-4H3,(H,23,26)(H,27,28)/t14-,16-. The fourth-order valence-electron chi connectivity index (χ4n) is 3.75. The van der Waals surface area contributed by atoms with Crippen LogP contribution < -0.4 is 5.32 Å². The first-order valence-electron chi connectivity index (χ1n) is 9.84. The number of nitrogens with zero attached hydrogens (tertiary/aromatic N) is 2. The molecule has 1 aromatic carbocycles. The summed E-state index contributed by atoms with van der Waals surface area (Å²) in [6.45, 7) is 6.21. The van der Waals surface area contributed by atoms with Crippen molar-refractivity contribution in [3.8, 4) is 0 Å².